The molecule has 0 aliphatic carbocycles. The topological polar surface area (TPSA) is 59.1 Å². The van der Waals surface area contributed by atoms with Crippen molar-refractivity contribution in [3.8, 4) is 11.5 Å². The molecule has 8 heteroatoms. The van der Waals surface area contributed by atoms with Crippen molar-refractivity contribution in [2.45, 2.75) is 4.21 Å². The molecule has 0 unspecified atom stereocenters. The molecule has 0 saturated carbocycles. The third kappa shape index (κ3) is 4.52. The molecule has 0 spiro atoms. The monoisotopic (exact) mass is 382 g/mol. The van der Waals surface area contributed by atoms with E-state index in [0.29, 0.717) is 23.9 Å². The number of thiophene rings is 1. The molecule has 1 aromatic heterocycles. The van der Waals surface area contributed by atoms with E-state index in [2.05, 4.69) is 4.90 Å². The number of benzene rings is 1. The molecule has 0 atom stereocenters. The first-order valence-corrected chi connectivity index (χ1v) is 10.4. The normalized spacial score (nSPS) is 16.7. The number of sulfonamides is 1. The lowest BCUT2D eigenvalue weighted by Gasteiger charge is -2.33. The molecule has 0 N–H and O–H groups in total. The molecule has 6 nitrogen and oxygen atoms in total. The first kappa shape index (κ1) is 18.2. The van der Waals surface area contributed by atoms with E-state index in [1.165, 1.54) is 11.3 Å². The predicted octanol–water partition coefficient (Wildman–Crippen LogP) is 2.14. The second-order valence-corrected chi connectivity index (χ2v) is 8.81. The molecule has 0 amide bonds. The summed E-state index contributed by atoms with van der Waals surface area (Å²) in [6.45, 7) is 3.82. The van der Waals surface area contributed by atoms with Gasteiger partial charge in [-0.1, -0.05) is 6.07 Å². The van der Waals surface area contributed by atoms with Crippen molar-refractivity contribution in [3.63, 3.8) is 0 Å². The minimum Gasteiger partial charge on any atom is -0.497 e. The Bertz CT molecular complexity index is 752. The molecule has 2 heterocycles. The molecule has 136 valence electrons. The zero-order chi connectivity index (χ0) is 17.7. The largest absolute Gasteiger partial charge is 0.497 e. The van der Waals surface area contributed by atoms with Gasteiger partial charge in [-0.3, -0.25) is 4.90 Å². The molecule has 0 bridgehead atoms. The van der Waals surface area contributed by atoms with E-state index in [9.17, 15) is 8.42 Å². The number of hydrogen-bond acceptors (Lipinski definition) is 6. The molecule has 3 rings (SSSR count). The van der Waals surface area contributed by atoms with Crippen LogP contribution in [0.15, 0.2) is 46.0 Å². The van der Waals surface area contributed by atoms with E-state index in [0.717, 1.165) is 31.1 Å². The van der Waals surface area contributed by atoms with E-state index >= 15 is 0 Å². The van der Waals surface area contributed by atoms with Crippen LogP contribution in [0.25, 0.3) is 0 Å². The highest BCUT2D eigenvalue weighted by Crippen LogP contribution is 2.22. The van der Waals surface area contributed by atoms with Crippen molar-refractivity contribution < 1.29 is 17.9 Å². The van der Waals surface area contributed by atoms with Crippen molar-refractivity contribution in [1.82, 2.24) is 9.21 Å². The lowest BCUT2D eigenvalue weighted by molar-refractivity contribution is 0.159. The summed E-state index contributed by atoms with van der Waals surface area (Å²) in [7, 11) is -1.70. The average Bonchev–Trinajstić information content (AvgIpc) is 3.18. The van der Waals surface area contributed by atoms with Crippen LogP contribution in [0.5, 0.6) is 11.5 Å². The molecular formula is C17H22N2O4S2. The van der Waals surface area contributed by atoms with E-state index in [1.54, 1.807) is 28.9 Å². The van der Waals surface area contributed by atoms with E-state index in [1.807, 2.05) is 24.3 Å². The smallest absolute Gasteiger partial charge is 0.252 e. The molecule has 0 radical (unpaired) electrons. The Labute approximate surface area is 152 Å². The van der Waals surface area contributed by atoms with Crippen LogP contribution in [0.4, 0.5) is 0 Å². The van der Waals surface area contributed by atoms with Crippen LogP contribution in [-0.2, 0) is 10.0 Å². The molecular weight excluding hydrogens is 360 g/mol. The summed E-state index contributed by atoms with van der Waals surface area (Å²) in [5, 5.41) is 1.79. The van der Waals surface area contributed by atoms with Gasteiger partial charge in [-0.05, 0) is 35.7 Å². The fourth-order valence-corrected chi connectivity index (χ4v) is 5.26. The summed E-state index contributed by atoms with van der Waals surface area (Å²) in [6, 6.07) is 10.9. The van der Waals surface area contributed by atoms with Gasteiger partial charge in [0.25, 0.3) is 10.0 Å². The van der Waals surface area contributed by atoms with Gasteiger partial charge >= 0.3 is 0 Å². The fraction of sp³-hybridized carbons (Fsp3) is 0.412. The SMILES string of the molecule is COc1ccc(OCCN2CCN(S(=O)(=O)c3cccs3)CC2)cc1. The third-order valence-corrected chi connectivity index (χ3v) is 7.43. The number of methoxy groups -OCH3 is 1. The molecule has 1 fully saturated rings. The van der Waals surface area contributed by atoms with E-state index in [-0.39, 0.29) is 0 Å². The summed E-state index contributed by atoms with van der Waals surface area (Å²) in [6.07, 6.45) is 0. The van der Waals surface area contributed by atoms with Gasteiger partial charge in [0, 0.05) is 32.7 Å². The van der Waals surface area contributed by atoms with Crippen molar-refractivity contribution in [1.29, 1.82) is 0 Å². The van der Waals surface area contributed by atoms with Gasteiger partial charge in [0.15, 0.2) is 0 Å². The maximum absolute atomic E-state index is 12.5. The molecule has 1 aliphatic rings. The van der Waals surface area contributed by atoms with Crippen molar-refractivity contribution >= 4 is 21.4 Å². The highest BCUT2D eigenvalue weighted by Gasteiger charge is 2.28. The number of rotatable bonds is 7. The maximum atomic E-state index is 12.5. The molecule has 2 aromatic rings. The fourth-order valence-electron chi connectivity index (χ4n) is 2.70. The first-order valence-electron chi connectivity index (χ1n) is 8.12. The zero-order valence-corrected chi connectivity index (χ0v) is 15.8. The third-order valence-electron chi connectivity index (χ3n) is 4.16. The summed E-state index contributed by atoms with van der Waals surface area (Å²) in [5.74, 6) is 1.61. The molecule has 1 saturated heterocycles. The second kappa shape index (κ2) is 8.18. The van der Waals surface area contributed by atoms with Crippen LogP contribution in [0.3, 0.4) is 0 Å². The Morgan fingerprint density at radius 3 is 2.32 bits per heavy atom. The summed E-state index contributed by atoms with van der Waals surface area (Å²) >= 11 is 1.27. The predicted molar refractivity (Wildman–Crippen MR) is 98.0 cm³/mol. The Balaban J connectivity index is 1.43. The van der Waals surface area contributed by atoms with Gasteiger partial charge in [0.2, 0.25) is 0 Å². The van der Waals surface area contributed by atoms with Gasteiger partial charge in [-0.2, -0.15) is 4.31 Å². The summed E-state index contributed by atoms with van der Waals surface area (Å²) < 4.78 is 37.8. The highest BCUT2D eigenvalue weighted by molar-refractivity contribution is 7.91. The number of ether oxygens (including phenoxy) is 2. The van der Waals surface area contributed by atoms with Crippen molar-refractivity contribution in [3.05, 3.63) is 41.8 Å². The summed E-state index contributed by atoms with van der Waals surface area (Å²) in [5.41, 5.74) is 0. The Hall–Kier alpha value is -1.61. The van der Waals surface area contributed by atoms with Gasteiger partial charge in [-0.15, -0.1) is 11.3 Å². The standard InChI is InChI=1S/C17H22N2O4S2/c1-22-15-4-6-16(7-5-15)23-13-12-18-8-10-19(11-9-18)25(20,21)17-3-2-14-24-17/h2-7,14H,8-13H2,1H3. The van der Waals surface area contributed by atoms with Gasteiger partial charge in [0.1, 0.15) is 22.3 Å². The van der Waals surface area contributed by atoms with Crippen LogP contribution < -0.4 is 9.47 Å². The average molecular weight is 383 g/mol. The van der Waals surface area contributed by atoms with Gasteiger partial charge in [-0.25, -0.2) is 8.42 Å². The molecule has 25 heavy (non-hydrogen) atoms. The number of nitrogens with zero attached hydrogens (tertiary/aromatic N) is 2. The minimum atomic E-state index is -3.33. The lowest BCUT2D eigenvalue weighted by Crippen LogP contribution is -2.49. The maximum Gasteiger partial charge on any atom is 0.252 e. The lowest BCUT2D eigenvalue weighted by atomic mass is 10.3. The van der Waals surface area contributed by atoms with Crippen LogP contribution in [0.2, 0.25) is 0 Å². The number of piperazine rings is 1. The van der Waals surface area contributed by atoms with Crippen molar-refractivity contribution in [2.75, 3.05) is 46.4 Å². The van der Waals surface area contributed by atoms with E-state index in [4.69, 9.17) is 9.47 Å². The van der Waals surface area contributed by atoms with Crippen LogP contribution in [0, 0.1) is 0 Å². The Morgan fingerprint density at radius 2 is 1.72 bits per heavy atom. The van der Waals surface area contributed by atoms with Crippen molar-refractivity contribution in [2.24, 2.45) is 0 Å². The minimum absolute atomic E-state index is 0.420. The van der Waals surface area contributed by atoms with Gasteiger partial charge in [0.05, 0.1) is 7.11 Å². The number of hydrogen-bond donors (Lipinski definition) is 0. The first-order chi connectivity index (χ1) is 12.1. The van der Waals surface area contributed by atoms with Crippen LogP contribution in [0.1, 0.15) is 0 Å². The van der Waals surface area contributed by atoms with E-state index < -0.39 is 10.0 Å². The summed E-state index contributed by atoms with van der Waals surface area (Å²) in [4.78, 5) is 2.23. The Kier molecular flexibility index (Phi) is 5.95. The zero-order valence-electron chi connectivity index (χ0n) is 14.1. The quantitative estimate of drug-likeness (QED) is 0.734. The second-order valence-electron chi connectivity index (χ2n) is 5.70. The van der Waals surface area contributed by atoms with Crippen LogP contribution >= 0.6 is 11.3 Å². The van der Waals surface area contributed by atoms with Crippen LogP contribution in [-0.4, -0.2) is 64.1 Å². The molecule has 1 aromatic carbocycles. The Morgan fingerprint density at radius 1 is 1.04 bits per heavy atom. The van der Waals surface area contributed by atoms with Gasteiger partial charge < -0.3 is 9.47 Å². The highest BCUT2D eigenvalue weighted by atomic mass is 32.2. The molecule has 1 aliphatic heterocycles.